The highest BCUT2D eigenvalue weighted by molar-refractivity contribution is 5.89. The molecule has 6 heteroatoms. The van der Waals surface area contributed by atoms with Crippen molar-refractivity contribution in [2.24, 2.45) is 4.99 Å². The van der Waals surface area contributed by atoms with Crippen LogP contribution >= 0.6 is 0 Å². The van der Waals surface area contributed by atoms with Gasteiger partial charge in [0.15, 0.2) is 0 Å². The second kappa shape index (κ2) is 6.73. The van der Waals surface area contributed by atoms with Crippen LogP contribution in [0.25, 0.3) is 5.57 Å². The minimum atomic E-state index is -0.362. The Labute approximate surface area is 135 Å². The van der Waals surface area contributed by atoms with E-state index in [9.17, 15) is 4.79 Å². The van der Waals surface area contributed by atoms with Crippen LogP contribution in [0.4, 0.5) is 10.5 Å². The zero-order valence-corrected chi connectivity index (χ0v) is 13.4. The molecule has 2 heterocycles. The number of aliphatic imine (C=N–C) groups is 1. The van der Waals surface area contributed by atoms with E-state index in [0.29, 0.717) is 13.2 Å². The molecule has 1 unspecified atom stereocenters. The molecule has 3 rings (SSSR count). The molecular weight excluding hydrogens is 294 g/mol. The van der Waals surface area contributed by atoms with E-state index in [1.165, 1.54) is 12.7 Å². The molecule has 6 nitrogen and oxygen atoms in total. The van der Waals surface area contributed by atoms with Crippen LogP contribution in [0, 0.1) is 0 Å². The normalized spacial score (nSPS) is 20.6. The number of methoxy groups -OCH3 is 1. The number of benzene rings is 1. The molecule has 2 aliphatic heterocycles. The Hall–Kier alpha value is -2.50. The molecule has 1 N–H and O–H groups in total. The number of nitrogens with one attached hydrogen (secondary N) is 1. The lowest BCUT2D eigenvalue weighted by atomic mass is 9.97. The van der Waals surface area contributed by atoms with Gasteiger partial charge in [-0.15, -0.1) is 0 Å². The van der Waals surface area contributed by atoms with E-state index >= 15 is 0 Å². The molecule has 122 valence electrons. The molecular formula is C17H21N3O3. The summed E-state index contributed by atoms with van der Waals surface area (Å²) in [7, 11) is 1.39. The van der Waals surface area contributed by atoms with Crippen molar-refractivity contribution in [2.75, 3.05) is 31.7 Å². The minimum absolute atomic E-state index is 0.155. The summed E-state index contributed by atoms with van der Waals surface area (Å²) in [5, 5.41) is 3.11. The van der Waals surface area contributed by atoms with Crippen LogP contribution in [0.15, 0.2) is 29.3 Å². The quantitative estimate of drug-likeness (QED) is 0.930. The Morgan fingerprint density at radius 3 is 3.13 bits per heavy atom. The Balaban J connectivity index is 1.95. The molecule has 0 bridgehead atoms. The predicted molar refractivity (Wildman–Crippen MR) is 90.2 cm³/mol. The van der Waals surface area contributed by atoms with Gasteiger partial charge >= 0.3 is 6.09 Å². The van der Waals surface area contributed by atoms with Gasteiger partial charge in [-0.2, -0.15) is 0 Å². The first kappa shape index (κ1) is 15.4. The number of hydrogen-bond acceptors (Lipinski definition) is 5. The van der Waals surface area contributed by atoms with Gasteiger partial charge in [0.2, 0.25) is 0 Å². The number of amides is 1. The number of carbonyl (C=O) groups is 1. The summed E-state index contributed by atoms with van der Waals surface area (Å²) in [5.74, 6) is 0.849. The second-order valence-corrected chi connectivity index (χ2v) is 5.44. The van der Waals surface area contributed by atoms with Crippen molar-refractivity contribution < 1.29 is 14.3 Å². The van der Waals surface area contributed by atoms with Gasteiger partial charge in [0.1, 0.15) is 5.75 Å². The average Bonchev–Trinajstić information content (AvgIpc) is 3.09. The Morgan fingerprint density at radius 2 is 2.43 bits per heavy atom. The van der Waals surface area contributed by atoms with E-state index in [0.717, 1.165) is 30.0 Å². The zero-order chi connectivity index (χ0) is 16.2. The van der Waals surface area contributed by atoms with Gasteiger partial charge in [-0.3, -0.25) is 9.89 Å². The number of nitrogens with zero attached hydrogens (tertiary/aromatic N) is 2. The number of fused-ring (bicyclic) bond motifs is 1. The van der Waals surface area contributed by atoms with Crippen LogP contribution in [0.1, 0.15) is 18.9 Å². The number of ether oxygens (including phenoxy) is 2. The van der Waals surface area contributed by atoms with Gasteiger partial charge < -0.3 is 14.8 Å². The van der Waals surface area contributed by atoms with Crippen LogP contribution in [0.3, 0.4) is 0 Å². The largest absolute Gasteiger partial charge is 0.493 e. The molecule has 0 saturated carbocycles. The topological polar surface area (TPSA) is 63.2 Å². The van der Waals surface area contributed by atoms with Crippen molar-refractivity contribution in [3.8, 4) is 5.75 Å². The van der Waals surface area contributed by atoms with Gasteiger partial charge in [-0.1, -0.05) is 6.08 Å². The van der Waals surface area contributed by atoms with E-state index < -0.39 is 0 Å². The molecule has 1 aromatic rings. The van der Waals surface area contributed by atoms with E-state index in [4.69, 9.17) is 9.47 Å². The monoisotopic (exact) mass is 315 g/mol. The SMILES string of the molecule is CCN(C(=O)OC)c1ccc2c(c1)/C(=C\C1CNC=N1)CCO2. The highest BCUT2D eigenvalue weighted by Crippen LogP contribution is 2.36. The molecule has 0 aromatic heterocycles. The maximum Gasteiger partial charge on any atom is 0.413 e. The highest BCUT2D eigenvalue weighted by Gasteiger charge is 2.21. The van der Waals surface area contributed by atoms with Crippen LogP contribution in [-0.2, 0) is 4.74 Å². The molecule has 1 aromatic carbocycles. The van der Waals surface area contributed by atoms with Crippen molar-refractivity contribution >= 4 is 23.7 Å². The maximum absolute atomic E-state index is 11.9. The third-order valence-electron chi connectivity index (χ3n) is 4.04. The molecule has 2 aliphatic rings. The van der Waals surface area contributed by atoms with E-state index in [1.807, 2.05) is 25.1 Å². The summed E-state index contributed by atoms with van der Waals surface area (Å²) >= 11 is 0. The first-order chi connectivity index (χ1) is 11.2. The molecule has 0 saturated heterocycles. The summed E-state index contributed by atoms with van der Waals surface area (Å²) < 4.78 is 10.6. The smallest absolute Gasteiger partial charge is 0.413 e. The van der Waals surface area contributed by atoms with Crippen LogP contribution in [0.5, 0.6) is 5.75 Å². The molecule has 0 radical (unpaired) electrons. The van der Waals surface area contributed by atoms with Crippen LogP contribution in [0.2, 0.25) is 0 Å². The Bertz CT molecular complexity index is 654. The van der Waals surface area contributed by atoms with Gasteiger partial charge in [0, 0.05) is 30.8 Å². The van der Waals surface area contributed by atoms with Gasteiger partial charge in [0.25, 0.3) is 0 Å². The lowest BCUT2D eigenvalue weighted by Gasteiger charge is -2.25. The molecule has 0 fully saturated rings. The minimum Gasteiger partial charge on any atom is -0.493 e. The molecule has 23 heavy (non-hydrogen) atoms. The number of hydrogen-bond donors (Lipinski definition) is 1. The van der Waals surface area contributed by atoms with Crippen molar-refractivity contribution in [2.45, 2.75) is 19.4 Å². The fraction of sp³-hybridized carbons (Fsp3) is 0.412. The maximum atomic E-state index is 11.9. The standard InChI is InChI=1S/C17H21N3O3/c1-3-20(17(21)22-2)14-4-5-16-15(9-14)12(6-7-23-16)8-13-10-18-11-19-13/h4-5,8-9,11,13H,3,6-7,10H2,1-2H3,(H,18,19)/b12-8-. The average molecular weight is 315 g/mol. The molecule has 1 amide bonds. The summed E-state index contributed by atoms with van der Waals surface area (Å²) in [6, 6.07) is 5.95. The lowest BCUT2D eigenvalue weighted by Crippen LogP contribution is -2.30. The fourth-order valence-corrected chi connectivity index (χ4v) is 2.88. The predicted octanol–water partition coefficient (Wildman–Crippen LogP) is 2.45. The summed E-state index contributed by atoms with van der Waals surface area (Å²) in [6.07, 6.45) is 4.40. The Morgan fingerprint density at radius 1 is 1.57 bits per heavy atom. The van der Waals surface area contributed by atoms with Crippen LogP contribution < -0.4 is 15.0 Å². The first-order valence-electron chi connectivity index (χ1n) is 7.81. The Kier molecular flexibility index (Phi) is 4.50. The van der Waals surface area contributed by atoms with Crippen molar-refractivity contribution in [1.82, 2.24) is 5.32 Å². The van der Waals surface area contributed by atoms with E-state index in [1.54, 1.807) is 11.2 Å². The van der Waals surface area contributed by atoms with Crippen molar-refractivity contribution in [3.63, 3.8) is 0 Å². The first-order valence-corrected chi connectivity index (χ1v) is 7.81. The third kappa shape index (κ3) is 3.16. The molecule has 0 aliphatic carbocycles. The van der Waals surface area contributed by atoms with Gasteiger partial charge in [-0.05, 0) is 30.7 Å². The van der Waals surface area contributed by atoms with E-state index in [2.05, 4.69) is 16.4 Å². The number of anilines is 1. The number of rotatable bonds is 3. The summed E-state index contributed by atoms with van der Waals surface area (Å²) in [5.41, 5.74) is 3.04. The highest BCUT2D eigenvalue weighted by atomic mass is 16.5. The molecule has 1 atom stereocenters. The van der Waals surface area contributed by atoms with Crippen molar-refractivity contribution in [1.29, 1.82) is 0 Å². The summed E-state index contributed by atoms with van der Waals surface area (Å²) in [6.45, 7) is 3.95. The van der Waals surface area contributed by atoms with Crippen LogP contribution in [-0.4, -0.2) is 45.3 Å². The fourth-order valence-electron chi connectivity index (χ4n) is 2.88. The summed E-state index contributed by atoms with van der Waals surface area (Å²) in [4.78, 5) is 17.9. The lowest BCUT2D eigenvalue weighted by molar-refractivity contribution is 0.179. The van der Waals surface area contributed by atoms with Gasteiger partial charge in [0.05, 0.1) is 26.1 Å². The second-order valence-electron chi connectivity index (χ2n) is 5.44. The van der Waals surface area contributed by atoms with E-state index in [-0.39, 0.29) is 12.1 Å². The van der Waals surface area contributed by atoms with Gasteiger partial charge in [-0.25, -0.2) is 4.79 Å². The third-order valence-corrected chi connectivity index (χ3v) is 4.04. The van der Waals surface area contributed by atoms with Crippen molar-refractivity contribution in [3.05, 3.63) is 29.8 Å². The zero-order valence-electron chi connectivity index (χ0n) is 13.4. The molecule has 0 spiro atoms. The number of carbonyl (C=O) groups excluding carboxylic acids is 1.